The van der Waals surface area contributed by atoms with Crippen LogP contribution in [0.1, 0.15) is 44.9 Å². The van der Waals surface area contributed by atoms with Gasteiger partial charge in [-0.15, -0.1) is 11.3 Å². The first-order valence-electron chi connectivity index (χ1n) is 12.0. The van der Waals surface area contributed by atoms with Gasteiger partial charge in [-0.25, -0.2) is 0 Å². The molecule has 0 N–H and O–H groups in total. The molecule has 34 heavy (non-hydrogen) atoms. The van der Waals surface area contributed by atoms with Crippen molar-refractivity contribution >= 4 is 23.2 Å². The van der Waals surface area contributed by atoms with Crippen LogP contribution in [0.5, 0.6) is 0 Å². The molecule has 2 atom stereocenters. The molecule has 1 aromatic heterocycles. The van der Waals surface area contributed by atoms with Crippen molar-refractivity contribution in [2.45, 2.75) is 32.4 Å². The summed E-state index contributed by atoms with van der Waals surface area (Å²) in [4.78, 5) is 34.0. The summed E-state index contributed by atoms with van der Waals surface area (Å²) in [7, 11) is 0. The van der Waals surface area contributed by atoms with Crippen LogP contribution in [0.25, 0.3) is 0 Å². The number of rotatable bonds is 4. The second-order valence-corrected chi connectivity index (χ2v) is 10.3. The predicted molar refractivity (Wildman–Crippen MR) is 136 cm³/mol. The second-order valence-electron chi connectivity index (χ2n) is 9.33. The van der Waals surface area contributed by atoms with E-state index in [0.717, 1.165) is 13.0 Å². The van der Waals surface area contributed by atoms with E-state index in [0.29, 0.717) is 31.7 Å². The summed E-state index contributed by atoms with van der Waals surface area (Å²) in [6, 6.07) is 20.2. The molecule has 1 fully saturated rings. The van der Waals surface area contributed by atoms with Crippen molar-refractivity contribution in [2.75, 3.05) is 32.7 Å². The number of hydrogen-bond acceptors (Lipinski definition) is 4. The SMILES string of the molecule is Cc1ccccc1[C@H]1c2ccsc2CCN1CC(=O)N1CCN(C(=O)c2ccccc2)[C@@H](C)C1. The number of fused-ring (bicyclic) bond motifs is 1. The number of hydrogen-bond donors (Lipinski definition) is 0. The highest BCUT2D eigenvalue weighted by Gasteiger charge is 2.35. The molecule has 0 bridgehead atoms. The molecule has 3 heterocycles. The third kappa shape index (κ3) is 4.40. The van der Waals surface area contributed by atoms with Gasteiger partial charge in [-0.2, -0.15) is 0 Å². The molecule has 2 amide bonds. The Hall–Kier alpha value is -2.96. The lowest BCUT2D eigenvalue weighted by Crippen LogP contribution is -2.57. The van der Waals surface area contributed by atoms with Crippen LogP contribution >= 0.6 is 11.3 Å². The van der Waals surface area contributed by atoms with E-state index < -0.39 is 0 Å². The number of amides is 2. The summed E-state index contributed by atoms with van der Waals surface area (Å²) in [5, 5.41) is 2.17. The van der Waals surface area contributed by atoms with Gasteiger partial charge >= 0.3 is 0 Å². The lowest BCUT2D eigenvalue weighted by Gasteiger charge is -2.42. The number of aryl methyl sites for hydroxylation is 1. The Morgan fingerprint density at radius 1 is 0.941 bits per heavy atom. The van der Waals surface area contributed by atoms with Crippen molar-refractivity contribution in [3.8, 4) is 0 Å². The third-order valence-corrected chi connectivity index (χ3v) is 8.15. The minimum Gasteiger partial charge on any atom is -0.338 e. The molecule has 2 aromatic carbocycles. The molecular weight excluding hydrogens is 442 g/mol. The fraction of sp³-hybridized carbons (Fsp3) is 0.357. The zero-order chi connectivity index (χ0) is 23.7. The molecule has 0 saturated carbocycles. The summed E-state index contributed by atoms with van der Waals surface area (Å²) in [6.07, 6.45) is 0.985. The first-order valence-corrected chi connectivity index (χ1v) is 12.9. The van der Waals surface area contributed by atoms with Crippen molar-refractivity contribution in [3.05, 3.63) is 93.2 Å². The highest BCUT2D eigenvalue weighted by Crippen LogP contribution is 2.38. The number of carbonyl (C=O) groups excluding carboxylic acids is 2. The summed E-state index contributed by atoms with van der Waals surface area (Å²) in [5.41, 5.74) is 4.58. The van der Waals surface area contributed by atoms with Gasteiger partial charge < -0.3 is 9.80 Å². The van der Waals surface area contributed by atoms with Crippen molar-refractivity contribution in [2.24, 2.45) is 0 Å². The highest BCUT2D eigenvalue weighted by atomic mass is 32.1. The van der Waals surface area contributed by atoms with E-state index in [-0.39, 0.29) is 23.9 Å². The Kier molecular flexibility index (Phi) is 6.53. The van der Waals surface area contributed by atoms with Gasteiger partial charge in [0.1, 0.15) is 0 Å². The van der Waals surface area contributed by atoms with Crippen LogP contribution in [0.2, 0.25) is 0 Å². The Morgan fingerprint density at radius 2 is 1.71 bits per heavy atom. The van der Waals surface area contributed by atoms with Crippen molar-refractivity contribution < 1.29 is 9.59 Å². The topological polar surface area (TPSA) is 43.9 Å². The van der Waals surface area contributed by atoms with Crippen molar-refractivity contribution in [1.29, 1.82) is 0 Å². The maximum Gasteiger partial charge on any atom is 0.254 e. The average molecular weight is 474 g/mol. The Morgan fingerprint density at radius 3 is 2.47 bits per heavy atom. The first kappa shape index (κ1) is 22.8. The van der Waals surface area contributed by atoms with Crippen LogP contribution in [0.4, 0.5) is 0 Å². The molecule has 1 saturated heterocycles. The van der Waals surface area contributed by atoms with Crippen molar-refractivity contribution in [1.82, 2.24) is 14.7 Å². The minimum atomic E-state index is -0.0117. The Labute approximate surface area is 205 Å². The summed E-state index contributed by atoms with van der Waals surface area (Å²) >= 11 is 1.82. The summed E-state index contributed by atoms with van der Waals surface area (Å²) in [6.45, 7) is 7.18. The summed E-state index contributed by atoms with van der Waals surface area (Å²) < 4.78 is 0. The third-order valence-electron chi connectivity index (χ3n) is 7.15. The molecule has 176 valence electrons. The molecule has 3 aromatic rings. The number of carbonyl (C=O) groups is 2. The molecule has 5 rings (SSSR count). The van der Waals surface area contributed by atoms with Crippen molar-refractivity contribution in [3.63, 3.8) is 0 Å². The van der Waals surface area contributed by atoms with Crippen LogP contribution in [0.15, 0.2) is 66.0 Å². The molecule has 0 spiro atoms. The quantitative estimate of drug-likeness (QED) is 0.565. The van der Waals surface area contributed by atoms with E-state index in [1.807, 2.05) is 58.4 Å². The van der Waals surface area contributed by atoms with E-state index in [4.69, 9.17) is 0 Å². The Balaban J connectivity index is 1.29. The first-order chi connectivity index (χ1) is 16.5. The largest absolute Gasteiger partial charge is 0.338 e. The maximum atomic E-state index is 13.5. The maximum absolute atomic E-state index is 13.5. The highest BCUT2D eigenvalue weighted by molar-refractivity contribution is 7.10. The van der Waals surface area contributed by atoms with E-state index in [1.54, 1.807) is 0 Å². The van der Waals surface area contributed by atoms with Crippen LogP contribution in [0, 0.1) is 6.92 Å². The lowest BCUT2D eigenvalue weighted by molar-refractivity contribution is -0.135. The molecule has 0 aliphatic carbocycles. The van der Waals surface area contributed by atoms with Gasteiger partial charge in [0, 0.05) is 42.7 Å². The summed E-state index contributed by atoms with van der Waals surface area (Å²) in [5.74, 6) is 0.191. The molecule has 2 aliphatic rings. The predicted octanol–water partition coefficient (Wildman–Crippen LogP) is 4.38. The molecule has 6 heteroatoms. The number of piperazine rings is 1. The van der Waals surface area contributed by atoms with Crippen LogP contribution in [-0.4, -0.2) is 65.3 Å². The number of nitrogens with zero attached hydrogens (tertiary/aromatic N) is 3. The van der Waals surface area contributed by atoms with Gasteiger partial charge in [-0.05, 0) is 60.5 Å². The number of thiophene rings is 1. The molecule has 5 nitrogen and oxygen atoms in total. The Bertz CT molecular complexity index is 1180. The van der Waals surface area contributed by atoms with Gasteiger partial charge in [-0.3, -0.25) is 14.5 Å². The molecular formula is C28H31N3O2S. The standard InChI is InChI=1S/C28H31N3O2S/c1-20-8-6-7-11-23(20)27-24-13-17-34-25(24)12-14-30(27)19-26(32)29-15-16-31(21(2)18-29)28(33)22-9-4-3-5-10-22/h3-11,13,17,21,27H,12,14-16,18-19H2,1-2H3/t21-,27-/m0/s1. The van der Waals surface area contributed by atoms with Crippen LogP contribution in [-0.2, 0) is 11.2 Å². The zero-order valence-corrected chi connectivity index (χ0v) is 20.6. The smallest absolute Gasteiger partial charge is 0.254 e. The fourth-order valence-electron chi connectivity index (χ4n) is 5.30. The van der Waals surface area contributed by atoms with Crippen LogP contribution < -0.4 is 0 Å². The van der Waals surface area contributed by atoms with E-state index in [9.17, 15) is 9.59 Å². The van der Waals surface area contributed by atoms with Gasteiger partial charge in [-0.1, -0.05) is 42.5 Å². The van der Waals surface area contributed by atoms with Gasteiger partial charge in [0.15, 0.2) is 0 Å². The second kappa shape index (κ2) is 9.72. The fourth-order valence-corrected chi connectivity index (χ4v) is 6.21. The van der Waals surface area contributed by atoms with Gasteiger partial charge in [0.05, 0.1) is 12.6 Å². The van der Waals surface area contributed by atoms with E-state index in [1.165, 1.54) is 21.6 Å². The van der Waals surface area contributed by atoms with Gasteiger partial charge in [0.2, 0.25) is 5.91 Å². The monoisotopic (exact) mass is 473 g/mol. The molecule has 0 radical (unpaired) electrons. The average Bonchev–Trinajstić information content (AvgIpc) is 3.33. The molecule has 0 unspecified atom stereocenters. The lowest BCUT2D eigenvalue weighted by atomic mass is 9.90. The minimum absolute atomic E-state index is 0.0117. The van der Waals surface area contributed by atoms with E-state index in [2.05, 4.69) is 47.5 Å². The van der Waals surface area contributed by atoms with Gasteiger partial charge in [0.25, 0.3) is 5.91 Å². The van der Waals surface area contributed by atoms with E-state index >= 15 is 0 Å². The molecule has 2 aliphatic heterocycles. The zero-order valence-electron chi connectivity index (χ0n) is 19.8. The van der Waals surface area contributed by atoms with Crippen LogP contribution in [0.3, 0.4) is 0 Å². The normalized spacial score (nSPS) is 20.8. The number of benzene rings is 2.